The average Bonchev–Trinajstić information content (AvgIpc) is 2.29. The first-order valence-corrected chi connectivity index (χ1v) is 4.99. The van der Waals surface area contributed by atoms with Crippen LogP contribution in [0.25, 0.3) is 0 Å². The number of ether oxygens (including phenoxy) is 1. The Morgan fingerprint density at radius 2 is 2.25 bits per heavy atom. The van der Waals surface area contributed by atoms with E-state index >= 15 is 0 Å². The van der Waals surface area contributed by atoms with Crippen LogP contribution in [0.5, 0.6) is 0 Å². The van der Waals surface area contributed by atoms with E-state index in [0.717, 1.165) is 11.8 Å². The molecule has 3 nitrogen and oxygen atoms in total. The maximum absolute atomic E-state index is 13.4. The molecule has 0 N–H and O–H groups in total. The van der Waals surface area contributed by atoms with Crippen molar-refractivity contribution in [1.82, 2.24) is 0 Å². The van der Waals surface area contributed by atoms with Crippen LogP contribution in [0, 0.1) is 5.82 Å². The van der Waals surface area contributed by atoms with Crippen LogP contribution in [0.3, 0.4) is 0 Å². The normalized spacial score (nSPS) is 9.88. The van der Waals surface area contributed by atoms with Crippen molar-refractivity contribution < 1.29 is 18.7 Å². The fourth-order valence-electron chi connectivity index (χ4n) is 1.38. The zero-order valence-electron chi connectivity index (χ0n) is 9.03. The fraction of sp³-hybridized carbons (Fsp3) is 0.333. The van der Waals surface area contributed by atoms with Crippen LogP contribution in [0.1, 0.15) is 28.8 Å². The lowest BCUT2D eigenvalue weighted by atomic mass is 10.1. The van der Waals surface area contributed by atoms with Gasteiger partial charge in [0.1, 0.15) is 12.1 Å². The molecule has 0 spiro atoms. The molecule has 0 bridgehead atoms. The number of methoxy groups -OCH3 is 1. The highest BCUT2D eigenvalue weighted by Crippen LogP contribution is 2.13. The zero-order chi connectivity index (χ0) is 12.0. The van der Waals surface area contributed by atoms with Crippen molar-refractivity contribution in [3.63, 3.8) is 0 Å². The Hall–Kier alpha value is -1.71. The Kier molecular flexibility index (Phi) is 4.64. The van der Waals surface area contributed by atoms with E-state index in [2.05, 4.69) is 4.74 Å². The smallest absolute Gasteiger partial charge is 0.340 e. The molecule has 0 fully saturated rings. The molecule has 0 atom stereocenters. The minimum atomic E-state index is -0.683. The predicted octanol–water partition coefficient (Wildman–Crippen LogP) is 2.13. The van der Waals surface area contributed by atoms with Gasteiger partial charge < -0.3 is 9.53 Å². The maximum atomic E-state index is 13.4. The van der Waals surface area contributed by atoms with Crippen LogP contribution < -0.4 is 0 Å². The number of halogens is 1. The zero-order valence-corrected chi connectivity index (χ0v) is 9.03. The summed E-state index contributed by atoms with van der Waals surface area (Å²) < 4.78 is 17.9. The van der Waals surface area contributed by atoms with Crippen LogP contribution in [0.15, 0.2) is 18.2 Å². The van der Waals surface area contributed by atoms with Crippen molar-refractivity contribution in [1.29, 1.82) is 0 Å². The predicted molar refractivity (Wildman–Crippen MR) is 56.7 cm³/mol. The number of aldehydes is 1. The molecule has 0 aliphatic rings. The summed E-state index contributed by atoms with van der Waals surface area (Å²) in [5, 5.41) is 0. The van der Waals surface area contributed by atoms with Gasteiger partial charge in [-0.15, -0.1) is 0 Å². The lowest BCUT2D eigenvalue weighted by Gasteiger charge is -2.04. The van der Waals surface area contributed by atoms with E-state index in [0.29, 0.717) is 19.3 Å². The van der Waals surface area contributed by atoms with Crippen molar-refractivity contribution in [2.75, 3.05) is 7.11 Å². The molecule has 0 saturated heterocycles. The largest absolute Gasteiger partial charge is 0.465 e. The highest BCUT2D eigenvalue weighted by Gasteiger charge is 2.11. The van der Waals surface area contributed by atoms with Gasteiger partial charge in [-0.25, -0.2) is 9.18 Å². The molecule has 86 valence electrons. The maximum Gasteiger partial charge on any atom is 0.340 e. The molecular formula is C12H13FO3. The summed E-state index contributed by atoms with van der Waals surface area (Å²) >= 11 is 0. The number of hydrogen-bond acceptors (Lipinski definition) is 3. The SMILES string of the molecule is COC(=O)c1ccc(CCCC=O)cc1F. The molecular weight excluding hydrogens is 211 g/mol. The highest BCUT2D eigenvalue weighted by atomic mass is 19.1. The van der Waals surface area contributed by atoms with Crippen LogP contribution in [-0.4, -0.2) is 19.4 Å². The summed E-state index contributed by atoms with van der Waals surface area (Å²) in [6.45, 7) is 0. The number of unbranched alkanes of at least 4 members (excludes halogenated alkanes) is 1. The third-order valence-corrected chi connectivity index (χ3v) is 2.23. The minimum absolute atomic E-state index is 0.0679. The average molecular weight is 224 g/mol. The number of rotatable bonds is 5. The lowest BCUT2D eigenvalue weighted by Crippen LogP contribution is -2.04. The fourth-order valence-corrected chi connectivity index (χ4v) is 1.38. The van der Waals surface area contributed by atoms with Gasteiger partial charge in [0, 0.05) is 6.42 Å². The molecule has 1 rings (SSSR count). The van der Waals surface area contributed by atoms with Crippen LogP contribution in [-0.2, 0) is 16.0 Å². The molecule has 0 heterocycles. The van der Waals surface area contributed by atoms with Gasteiger partial charge >= 0.3 is 5.97 Å². The third-order valence-electron chi connectivity index (χ3n) is 2.23. The first-order valence-electron chi connectivity index (χ1n) is 4.99. The van der Waals surface area contributed by atoms with E-state index < -0.39 is 11.8 Å². The van der Waals surface area contributed by atoms with E-state index in [-0.39, 0.29) is 5.56 Å². The van der Waals surface area contributed by atoms with Gasteiger partial charge in [-0.3, -0.25) is 0 Å². The molecule has 0 aromatic heterocycles. The van der Waals surface area contributed by atoms with Crippen LogP contribution in [0.4, 0.5) is 4.39 Å². The second-order valence-electron chi connectivity index (χ2n) is 3.36. The summed E-state index contributed by atoms with van der Waals surface area (Å²) in [6.07, 6.45) is 2.59. The molecule has 0 unspecified atom stereocenters. The van der Waals surface area contributed by atoms with E-state index in [1.54, 1.807) is 6.07 Å². The van der Waals surface area contributed by atoms with Gasteiger partial charge in [-0.05, 0) is 30.5 Å². The number of esters is 1. The van der Waals surface area contributed by atoms with Crippen LogP contribution in [0.2, 0.25) is 0 Å². The Bertz CT molecular complexity index is 388. The Labute approximate surface area is 93.2 Å². The summed E-state index contributed by atoms with van der Waals surface area (Å²) in [5.74, 6) is -1.27. The van der Waals surface area contributed by atoms with Gasteiger partial charge in [0.05, 0.1) is 12.7 Å². The molecule has 4 heteroatoms. The molecule has 1 aromatic rings. The van der Waals surface area contributed by atoms with Crippen molar-refractivity contribution in [3.05, 3.63) is 35.1 Å². The van der Waals surface area contributed by atoms with Crippen LogP contribution >= 0.6 is 0 Å². The van der Waals surface area contributed by atoms with Crippen molar-refractivity contribution in [2.24, 2.45) is 0 Å². The monoisotopic (exact) mass is 224 g/mol. The lowest BCUT2D eigenvalue weighted by molar-refractivity contribution is -0.107. The summed E-state index contributed by atoms with van der Waals surface area (Å²) in [4.78, 5) is 21.2. The molecule has 1 aromatic carbocycles. The van der Waals surface area contributed by atoms with Crippen molar-refractivity contribution >= 4 is 12.3 Å². The Morgan fingerprint density at radius 3 is 2.81 bits per heavy atom. The molecule has 0 amide bonds. The number of benzene rings is 1. The van der Waals surface area contributed by atoms with Gasteiger partial charge in [-0.1, -0.05) is 6.07 Å². The number of carbonyl (C=O) groups excluding carboxylic acids is 2. The second-order valence-corrected chi connectivity index (χ2v) is 3.36. The van der Waals surface area contributed by atoms with Gasteiger partial charge in [-0.2, -0.15) is 0 Å². The first-order chi connectivity index (χ1) is 7.69. The molecule has 0 aliphatic heterocycles. The van der Waals surface area contributed by atoms with Gasteiger partial charge in [0.15, 0.2) is 0 Å². The van der Waals surface area contributed by atoms with E-state index in [9.17, 15) is 14.0 Å². The van der Waals surface area contributed by atoms with Gasteiger partial charge in [0.2, 0.25) is 0 Å². The summed E-state index contributed by atoms with van der Waals surface area (Å²) in [6, 6.07) is 4.37. The molecule has 0 radical (unpaired) electrons. The number of carbonyl (C=O) groups is 2. The summed E-state index contributed by atoms with van der Waals surface area (Å²) in [5.41, 5.74) is 0.702. The highest BCUT2D eigenvalue weighted by molar-refractivity contribution is 5.89. The molecule has 16 heavy (non-hydrogen) atoms. The second kappa shape index (κ2) is 6.00. The molecule has 0 saturated carbocycles. The summed E-state index contributed by atoms with van der Waals surface area (Å²) in [7, 11) is 1.21. The van der Waals surface area contributed by atoms with E-state index in [1.807, 2.05) is 0 Å². The number of aryl methyl sites for hydroxylation is 1. The van der Waals surface area contributed by atoms with E-state index in [1.165, 1.54) is 19.2 Å². The molecule has 0 aliphatic carbocycles. The standard InChI is InChI=1S/C12H13FO3/c1-16-12(15)10-6-5-9(8-11(10)13)4-2-3-7-14/h5-8H,2-4H2,1H3. The minimum Gasteiger partial charge on any atom is -0.465 e. The Morgan fingerprint density at radius 1 is 1.50 bits per heavy atom. The number of hydrogen-bond donors (Lipinski definition) is 0. The van der Waals surface area contributed by atoms with Gasteiger partial charge in [0.25, 0.3) is 0 Å². The first kappa shape index (κ1) is 12.4. The Balaban J connectivity index is 2.74. The van der Waals surface area contributed by atoms with Crippen molar-refractivity contribution in [2.45, 2.75) is 19.3 Å². The third kappa shape index (κ3) is 3.15. The van der Waals surface area contributed by atoms with Crippen molar-refractivity contribution in [3.8, 4) is 0 Å². The van der Waals surface area contributed by atoms with E-state index in [4.69, 9.17) is 0 Å². The quantitative estimate of drug-likeness (QED) is 0.437. The topological polar surface area (TPSA) is 43.4 Å².